The summed E-state index contributed by atoms with van der Waals surface area (Å²) >= 11 is 6.36. The van der Waals surface area contributed by atoms with Crippen molar-refractivity contribution in [3.63, 3.8) is 0 Å². The third-order valence-electron chi connectivity index (χ3n) is 6.21. The van der Waals surface area contributed by atoms with E-state index in [1.807, 2.05) is 6.07 Å². The minimum atomic E-state index is 0.568. The van der Waals surface area contributed by atoms with E-state index >= 15 is 0 Å². The number of aryl methyl sites for hydroxylation is 1. The van der Waals surface area contributed by atoms with Crippen molar-refractivity contribution in [1.29, 1.82) is 0 Å². The molecule has 0 nitrogen and oxygen atoms in total. The van der Waals surface area contributed by atoms with E-state index in [9.17, 15) is 0 Å². The van der Waals surface area contributed by atoms with Crippen LogP contribution in [0.25, 0.3) is 10.8 Å². The summed E-state index contributed by atoms with van der Waals surface area (Å²) in [6.07, 6.45) is 11.7. The molecule has 0 aliphatic heterocycles. The Morgan fingerprint density at radius 3 is 2.86 bits per heavy atom. The highest BCUT2D eigenvalue weighted by Gasteiger charge is 2.49. The van der Waals surface area contributed by atoms with Gasteiger partial charge in [-0.3, -0.25) is 0 Å². The van der Waals surface area contributed by atoms with Crippen molar-refractivity contribution < 1.29 is 0 Å². The van der Waals surface area contributed by atoms with Crippen LogP contribution in [0.2, 0.25) is 5.02 Å². The Morgan fingerprint density at radius 2 is 2.05 bits per heavy atom. The molecule has 2 aromatic carbocycles. The van der Waals surface area contributed by atoms with Gasteiger partial charge in [0.25, 0.3) is 0 Å². The Bertz CT molecular complexity index is 773. The van der Waals surface area contributed by atoms with Crippen molar-refractivity contribution >= 4 is 22.4 Å². The van der Waals surface area contributed by atoms with Gasteiger partial charge in [-0.25, -0.2) is 0 Å². The molecule has 3 atom stereocenters. The first-order chi connectivity index (χ1) is 10.2. The molecule has 1 spiro atoms. The zero-order valence-corrected chi connectivity index (χ0v) is 12.9. The van der Waals surface area contributed by atoms with Crippen molar-refractivity contribution in [3.8, 4) is 0 Å². The highest BCUT2D eigenvalue weighted by molar-refractivity contribution is 6.35. The van der Waals surface area contributed by atoms with Crippen LogP contribution in [0.5, 0.6) is 0 Å². The second-order valence-corrected chi connectivity index (χ2v) is 7.72. The molecule has 0 saturated heterocycles. The first-order valence-electron chi connectivity index (χ1n) is 8.12. The van der Waals surface area contributed by atoms with Crippen molar-refractivity contribution in [2.45, 2.75) is 32.1 Å². The molecule has 0 heterocycles. The normalized spacial score (nSPS) is 33.0. The highest BCUT2D eigenvalue weighted by atomic mass is 35.5. The lowest BCUT2D eigenvalue weighted by molar-refractivity contribution is 0.195. The molecule has 106 valence electrons. The average molecular weight is 295 g/mol. The maximum Gasteiger partial charge on any atom is 0.0484 e. The first kappa shape index (κ1) is 12.3. The van der Waals surface area contributed by atoms with E-state index in [1.165, 1.54) is 48.4 Å². The molecule has 1 saturated carbocycles. The Hall–Kier alpha value is -1.27. The maximum atomic E-state index is 6.36. The molecule has 21 heavy (non-hydrogen) atoms. The zero-order chi connectivity index (χ0) is 14.0. The number of benzene rings is 2. The van der Waals surface area contributed by atoms with Gasteiger partial charge in [-0.2, -0.15) is 0 Å². The Labute approximate surface area is 130 Å². The largest absolute Gasteiger partial charge is 0.0851 e. The monoisotopic (exact) mass is 294 g/mol. The predicted molar refractivity (Wildman–Crippen MR) is 88.8 cm³/mol. The quantitative estimate of drug-likeness (QED) is 0.558. The van der Waals surface area contributed by atoms with Gasteiger partial charge in [-0.05, 0) is 78.0 Å². The third kappa shape index (κ3) is 1.69. The van der Waals surface area contributed by atoms with Gasteiger partial charge in [0.15, 0.2) is 0 Å². The van der Waals surface area contributed by atoms with Gasteiger partial charge in [0.1, 0.15) is 0 Å². The van der Waals surface area contributed by atoms with Crippen LogP contribution in [0.4, 0.5) is 0 Å². The van der Waals surface area contributed by atoms with Crippen LogP contribution in [0.1, 0.15) is 30.4 Å². The number of allylic oxidation sites excluding steroid dienone is 2. The molecule has 3 aliphatic carbocycles. The molecule has 2 aromatic rings. The van der Waals surface area contributed by atoms with E-state index in [0.29, 0.717) is 5.41 Å². The molecule has 3 unspecified atom stereocenters. The van der Waals surface area contributed by atoms with Gasteiger partial charge >= 0.3 is 0 Å². The lowest BCUT2D eigenvalue weighted by Crippen LogP contribution is -2.32. The summed E-state index contributed by atoms with van der Waals surface area (Å²) in [6.45, 7) is 0. The molecular weight excluding hydrogens is 276 g/mol. The number of rotatable bonds is 0. The third-order valence-corrected chi connectivity index (χ3v) is 6.54. The van der Waals surface area contributed by atoms with E-state index in [1.54, 1.807) is 5.56 Å². The Kier molecular flexibility index (Phi) is 2.42. The molecule has 1 fully saturated rings. The van der Waals surface area contributed by atoms with Gasteiger partial charge < -0.3 is 0 Å². The summed E-state index contributed by atoms with van der Waals surface area (Å²) in [4.78, 5) is 0. The number of fused-ring (bicyclic) bond motifs is 5. The van der Waals surface area contributed by atoms with Gasteiger partial charge in [-0.15, -0.1) is 0 Å². The molecule has 1 heteroatoms. The maximum absolute atomic E-state index is 6.36. The lowest BCUT2D eigenvalue weighted by Gasteiger charge is -2.40. The van der Waals surface area contributed by atoms with Crippen LogP contribution in [-0.2, 0) is 12.8 Å². The van der Waals surface area contributed by atoms with Crippen LogP contribution in [0, 0.1) is 17.3 Å². The van der Waals surface area contributed by atoms with E-state index in [2.05, 4.69) is 36.4 Å². The molecular formula is C20H19Cl. The van der Waals surface area contributed by atoms with Crippen LogP contribution in [0.15, 0.2) is 42.5 Å². The van der Waals surface area contributed by atoms with Crippen LogP contribution in [0.3, 0.4) is 0 Å². The van der Waals surface area contributed by atoms with Crippen molar-refractivity contribution in [3.05, 3.63) is 58.6 Å². The number of hydrogen-bond donors (Lipinski definition) is 0. The molecule has 0 radical (unpaired) electrons. The molecule has 3 aliphatic rings. The van der Waals surface area contributed by atoms with E-state index in [0.717, 1.165) is 16.9 Å². The van der Waals surface area contributed by atoms with Crippen molar-refractivity contribution in [1.82, 2.24) is 0 Å². The highest BCUT2D eigenvalue weighted by Crippen LogP contribution is 2.57. The van der Waals surface area contributed by atoms with Gasteiger partial charge in [0.2, 0.25) is 0 Å². The standard InChI is InChI=1S/C20H19Cl/c21-19-3-1-2-15-9-16-12-20(7-6-14(16)10-18(15)19)11-13-4-5-17(20)8-13/h1-5,9-10,13,17H,6-8,11-12H2. The Balaban J connectivity index is 1.62. The topological polar surface area (TPSA) is 0 Å². The van der Waals surface area contributed by atoms with Gasteiger partial charge in [0, 0.05) is 10.4 Å². The summed E-state index contributed by atoms with van der Waals surface area (Å²) in [5, 5.41) is 3.41. The summed E-state index contributed by atoms with van der Waals surface area (Å²) in [5.41, 5.74) is 3.68. The SMILES string of the molecule is Clc1cccc2cc3c(cc12)CCC1(C3)CC2C=CC1C2. The van der Waals surface area contributed by atoms with E-state index in [4.69, 9.17) is 11.6 Å². The number of hydrogen-bond acceptors (Lipinski definition) is 0. The van der Waals surface area contributed by atoms with Gasteiger partial charge in [0.05, 0.1) is 0 Å². The van der Waals surface area contributed by atoms with Gasteiger partial charge in [-0.1, -0.05) is 42.0 Å². The summed E-state index contributed by atoms with van der Waals surface area (Å²) in [6, 6.07) is 11.0. The molecule has 0 amide bonds. The molecule has 0 N–H and O–H groups in total. The van der Waals surface area contributed by atoms with Crippen LogP contribution in [-0.4, -0.2) is 0 Å². The van der Waals surface area contributed by atoms with Crippen LogP contribution >= 0.6 is 11.6 Å². The van der Waals surface area contributed by atoms with Crippen molar-refractivity contribution in [2.24, 2.45) is 17.3 Å². The zero-order valence-electron chi connectivity index (χ0n) is 12.1. The number of halogens is 1. The smallest absolute Gasteiger partial charge is 0.0484 e. The molecule has 0 aromatic heterocycles. The lowest BCUT2D eigenvalue weighted by atomic mass is 9.64. The molecule has 2 bridgehead atoms. The predicted octanol–water partition coefficient (Wildman–Crippen LogP) is 5.56. The van der Waals surface area contributed by atoms with E-state index in [-0.39, 0.29) is 0 Å². The second kappa shape index (κ2) is 4.14. The summed E-state index contributed by atoms with van der Waals surface area (Å²) in [7, 11) is 0. The summed E-state index contributed by atoms with van der Waals surface area (Å²) < 4.78 is 0. The van der Waals surface area contributed by atoms with Crippen molar-refractivity contribution in [2.75, 3.05) is 0 Å². The van der Waals surface area contributed by atoms with Crippen LogP contribution < -0.4 is 0 Å². The fourth-order valence-corrected chi connectivity index (χ4v) is 5.41. The fraction of sp³-hybridized carbons (Fsp3) is 0.400. The Morgan fingerprint density at radius 1 is 1.10 bits per heavy atom. The minimum absolute atomic E-state index is 0.568. The minimum Gasteiger partial charge on any atom is -0.0851 e. The summed E-state index contributed by atoms with van der Waals surface area (Å²) in [5.74, 6) is 1.71. The first-order valence-corrected chi connectivity index (χ1v) is 8.50. The second-order valence-electron chi connectivity index (χ2n) is 7.31. The van der Waals surface area contributed by atoms with E-state index < -0.39 is 0 Å². The average Bonchev–Trinajstić information content (AvgIpc) is 3.07. The fourth-order valence-electron chi connectivity index (χ4n) is 5.17. The molecule has 5 rings (SSSR count).